The third-order valence-electron chi connectivity index (χ3n) is 2.00. The van der Waals surface area contributed by atoms with Crippen LogP contribution in [-0.2, 0) is 14.3 Å². The van der Waals surface area contributed by atoms with Crippen LogP contribution in [0, 0.1) is 24.2 Å². The maximum atomic E-state index is 10.9. The van der Waals surface area contributed by atoms with Crippen molar-refractivity contribution in [3.05, 3.63) is 0 Å². The van der Waals surface area contributed by atoms with Gasteiger partial charge in [-0.05, 0) is 34.1 Å². The fraction of sp³-hybridized carbons (Fsp3) is 0.765. The molecule has 0 bridgehead atoms. The Labute approximate surface area is 135 Å². The van der Waals surface area contributed by atoms with Crippen LogP contribution >= 0.6 is 0 Å². The van der Waals surface area contributed by atoms with Crippen LogP contribution in [0.4, 0.5) is 4.79 Å². The number of terminal acetylenes is 1. The van der Waals surface area contributed by atoms with Crippen molar-refractivity contribution in [2.24, 2.45) is 17.6 Å². The number of amides is 1. The standard InChI is InChI=1S/C8H10O2.C5H11NO2.2C2H6/c1-3-6-5-7(6)8(9)10-4-2;1-5(2,3)8-4(6)7;2*1-2/h1,6-7H,4-5H2,2H3;1-3H3,(H2,6,7);2*1-2H3. The molecule has 130 valence electrons. The first kappa shape index (κ1) is 25.3. The number of hydrogen-bond donors (Lipinski definition) is 1. The maximum Gasteiger partial charge on any atom is 0.405 e. The van der Waals surface area contributed by atoms with Crippen molar-refractivity contribution >= 4 is 12.1 Å². The average molecular weight is 315 g/mol. The number of nitrogens with two attached hydrogens (primary N) is 1. The first-order valence-corrected chi connectivity index (χ1v) is 7.82. The molecule has 1 rings (SSSR count). The van der Waals surface area contributed by atoms with Crippen LogP contribution in [0.5, 0.6) is 0 Å². The predicted octanol–water partition coefficient (Wildman–Crippen LogP) is 3.75. The van der Waals surface area contributed by atoms with E-state index in [0.717, 1.165) is 6.42 Å². The van der Waals surface area contributed by atoms with Gasteiger partial charge >= 0.3 is 12.1 Å². The molecule has 1 aliphatic carbocycles. The molecule has 22 heavy (non-hydrogen) atoms. The summed E-state index contributed by atoms with van der Waals surface area (Å²) in [6, 6.07) is 0. The topological polar surface area (TPSA) is 78.6 Å². The Morgan fingerprint density at radius 3 is 1.86 bits per heavy atom. The number of esters is 1. The monoisotopic (exact) mass is 315 g/mol. The summed E-state index contributed by atoms with van der Waals surface area (Å²) in [7, 11) is 0. The van der Waals surface area contributed by atoms with Gasteiger partial charge in [0.15, 0.2) is 0 Å². The van der Waals surface area contributed by atoms with E-state index in [1.54, 1.807) is 27.7 Å². The molecule has 2 atom stereocenters. The largest absolute Gasteiger partial charge is 0.466 e. The Hall–Kier alpha value is -1.70. The lowest BCUT2D eigenvalue weighted by Gasteiger charge is -2.16. The minimum absolute atomic E-state index is 0.00458. The lowest BCUT2D eigenvalue weighted by atomic mass is 10.2. The average Bonchev–Trinajstić information content (AvgIpc) is 3.21. The van der Waals surface area contributed by atoms with E-state index >= 15 is 0 Å². The molecule has 0 aromatic heterocycles. The van der Waals surface area contributed by atoms with Gasteiger partial charge in [-0.1, -0.05) is 27.7 Å². The van der Waals surface area contributed by atoms with Gasteiger partial charge in [-0.15, -0.1) is 12.3 Å². The zero-order valence-corrected chi connectivity index (χ0v) is 15.4. The van der Waals surface area contributed by atoms with E-state index in [1.165, 1.54) is 0 Å². The number of ether oxygens (including phenoxy) is 2. The lowest BCUT2D eigenvalue weighted by Crippen LogP contribution is -2.27. The van der Waals surface area contributed by atoms with Crippen LogP contribution in [-0.4, -0.2) is 24.3 Å². The van der Waals surface area contributed by atoms with Crippen molar-refractivity contribution < 1.29 is 19.1 Å². The molecule has 0 spiro atoms. The molecule has 2 N–H and O–H groups in total. The minimum atomic E-state index is -0.725. The summed E-state index contributed by atoms with van der Waals surface area (Å²) in [5, 5.41) is 0. The van der Waals surface area contributed by atoms with Gasteiger partial charge in [0, 0.05) is 5.92 Å². The third-order valence-corrected chi connectivity index (χ3v) is 2.00. The van der Waals surface area contributed by atoms with Gasteiger partial charge in [0.2, 0.25) is 0 Å². The SMILES string of the molecule is C#CC1CC1C(=O)OCC.CC.CC.CC(C)(C)OC(N)=O. The molecular weight excluding hydrogens is 282 g/mol. The van der Waals surface area contributed by atoms with Crippen molar-refractivity contribution in [2.75, 3.05) is 6.61 Å². The molecule has 1 saturated carbocycles. The van der Waals surface area contributed by atoms with E-state index < -0.39 is 11.7 Å². The van der Waals surface area contributed by atoms with Crippen LogP contribution in [0.3, 0.4) is 0 Å². The Kier molecular flexibility index (Phi) is 16.4. The highest BCUT2D eigenvalue weighted by atomic mass is 16.6. The van der Waals surface area contributed by atoms with Gasteiger partial charge in [-0.25, -0.2) is 4.79 Å². The second-order valence-electron chi connectivity index (χ2n) is 4.90. The van der Waals surface area contributed by atoms with E-state index in [1.807, 2.05) is 27.7 Å². The van der Waals surface area contributed by atoms with Gasteiger partial charge < -0.3 is 15.2 Å². The Balaban J connectivity index is -0.000000272. The molecule has 5 heteroatoms. The van der Waals surface area contributed by atoms with Crippen LogP contribution in [0.2, 0.25) is 0 Å². The van der Waals surface area contributed by atoms with Crippen molar-refractivity contribution in [3.8, 4) is 12.3 Å². The summed E-state index contributed by atoms with van der Waals surface area (Å²) < 4.78 is 9.34. The fourth-order valence-corrected chi connectivity index (χ4v) is 1.19. The Morgan fingerprint density at radius 2 is 1.68 bits per heavy atom. The van der Waals surface area contributed by atoms with E-state index in [4.69, 9.17) is 16.9 Å². The number of rotatable bonds is 2. The van der Waals surface area contributed by atoms with Crippen LogP contribution in [0.25, 0.3) is 0 Å². The van der Waals surface area contributed by atoms with Crippen LogP contribution in [0.1, 0.15) is 61.8 Å². The first-order valence-electron chi connectivity index (χ1n) is 7.82. The zero-order valence-electron chi connectivity index (χ0n) is 15.4. The molecule has 5 nitrogen and oxygen atoms in total. The summed E-state index contributed by atoms with van der Waals surface area (Å²) in [6.45, 7) is 15.5. The number of carbonyl (C=O) groups is 2. The van der Waals surface area contributed by atoms with E-state index in [0.29, 0.717) is 6.61 Å². The maximum absolute atomic E-state index is 10.9. The van der Waals surface area contributed by atoms with Crippen LogP contribution < -0.4 is 5.73 Å². The predicted molar refractivity (Wildman–Crippen MR) is 90.2 cm³/mol. The number of carbonyl (C=O) groups excluding carboxylic acids is 2. The number of hydrogen-bond acceptors (Lipinski definition) is 4. The molecule has 0 saturated heterocycles. The highest BCUT2D eigenvalue weighted by Crippen LogP contribution is 2.38. The van der Waals surface area contributed by atoms with Crippen LogP contribution in [0.15, 0.2) is 0 Å². The zero-order chi connectivity index (χ0) is 18.3. The normalized spacial score (nSPS) is 17.6. The second-order valence-corrected chi connectivity index (χ2v) is 4.90. The number of primary amides is 1. The summed E-state index contributed by atoms with van der Waals surface area (Å²) in [5.74, 6) is 2.55. The van der Waals surface area contributed by atoms with E-state index in [9.17, 15) is 9.59 Å². The van der Waals surface area contributed by atoms with Crippen molar-refractivity contribution in [2.45, 2.75) is 67.4 Å². The molecule has 0 aliphatic heterocycles. The van der Waals surface area contributed by atoms with Gasteiger partial charge in [0.25, 0.3) is 0 Å². The van der Waals surface area contributed by atoms with Crippen molar-refractivity contribution in [1.29, 1.82) is 0 Å². The summed E-state index contributed by atoms with van der Waals surface area (Å²) in [6.07, 6.45) is 5.19. The lowest BCUT2D eigenvalue weighted by molar-refractivity contribution is -0.144. The summed E-state index contributed by atoms with van der Waals surface area (Å²) in [4.78, 5) is 20.9. The quantitative estimate of drug-likeness (QED) is 0.621. The van der Waals surface area contributed by atoms with Crippen molar-refractivity contribution in [1.82, 2.24) is 0 Å². The van der Waals surface area contributed by atoms with Gasteiger partial charge in [-0.2, -0.15) is 0 Å². The highest BCUT2D eigenvalue weighted by Gasteiger charge is 2.42. The molecule has 0 radical (unpaired) electrons. The summed E-state index contributed by atoms with van der Waals surface area (Å²) in [5.41, 5.74) is 4.26. The Morgan fingerprint density at radius 1 is 1.23 bits per heavy atom. The molecular formula is C17H33NO4. The minimum Gasteiger partial charge on any atom is -0.466 e. The molecule has 2 unspecified atom stereocenters. The Bertz CT molecular complexity index is 340. The fourth-order valence-electron chi connectivity index (χ4n) is 1.19. The molecule has 1 fully saturated rings. The molecule has 1 aliphatic rings. The highest BCUT2D eigenvalue weighted by molar-refractivity contribution is 5.76. The second kappa shape index (κ2) is 14.2. The van der Waals surface area contributed by atoms with Gasteiger partial charge in [-0.3, -0.25) is 4.79 Å². The third kappa shape index (κ3) is 16.4. The molecule has 0 aromatic carbocycles. The van der Waals surface area contributed by atoms with E-state index in [-0.39, 0.29) is 17.8 Å². The van der Waals surface area contributed by atoms with Crippen molar-refractivity contribution in [3.63, 3.8) is 0 Å². The van der Waals surface area contributed by atoms with Gasteiger partial charge in [0.1, 0.15) is 5.60 Å². The molecule has 0 aromatic rings. The first-order chi connectivity index (χ1) is 10.2. The smallest absolute Gasteiger partial charge is 0.405 e. The summed E-state index contributed by atoms with van der Waals surface area (Å²) >= 11 is 0. The molecule has 0 heterocycles. The van der Waals surface area contributed by atoms with E-state index in [2.05, 4.69) is 10.7 Å². The van der Waals surface area contributed by atoms with Gasteiger partial charge in [0.05, 0.1) is 12.5 Å². The molecule has 1 amide bonds.